The van der Waals surface area contributed by atoms with Gasteiger partial charge in [0.15, 0.2) is 0 Å². The highest BCUT2D eigenvalue weighted by Crippen LogP contribution is 2.04. The molecular formula is C14H33BrN2. The van der Waals surface area contributed by atoms with Crippen molar-refractivity contribution in [3.05, 3.63) is 0 Å². The fourth-order valence-corrected chi connectivity index (χ4v) is 2.14. The lowest BCUT2D eigenvalue weighted by molar-refractivity contribution is -0.871. The normalized spacial score (nSPS) is 13.2. The van der Waals surface area contributed by atoms with Crippen LogP contribution >= 0.6 is 0 Å². The van der Waals surface area contributed by atoms with Crippen molar-refractivity contribution in [2.24, 2.45) is 0 Å². The molecule has 0 saturated carbocycles. The molecule has 0 rings (SSSR count). The molecule has 1 N–H and O–H groups in total. The molecule has 0 fully saturated rings. The van der Waals surface area contributed by atoms with Gasteiger partial charge in [-0.05, 0) is 19.9 Å². The number of rotatable bonds is 10. The second kappa shape index (κ2) is 11.5. The summed E-state index contributed by atoms with van der Waals surface area (Å²) >= 11 is 0. The van der Waals surface area contributed by atoms with Gasteiger partial charge in [-0.25, -0.2) is 0 Å². The molecule has 0 spiro atoms. The topological polar surface area (TPSA) is 12.0 Å². The van der Waals surface area contributed by atoms with Gasteiger partial charge in [0.2, 0.25) is 0 Å². The van der Waals surface area contributed by atoms with Gasteiger partial charge in [-0.1, -0.05) is 39.0 Å². The van der Waals surface area contributed by atoms with Crippen LogP contribution in [0.5, 0.6) is 0 Å². The second-order valence-corrected chi connectivity index (χ2v) is 6.10. The summed E-state index contributed by atoms with van der Waals surface area (Å²) < 4.78 is 1.05. The lowest BCUT2D eigenvalue weighted by atomic mass is 10.1. The van der Waals surface area contributed by atoms with Crippen LogP contribution in [0.4, 0.5) is 0 Å². The highest BCUT2D eigenvalue weighted by atomic mass is 79.9. The van der Waals surface area contributed by atoms with E-state index in [0.29, 0.717) is 6.04 Å². The van der Waals surface area contributed by atoms with E-state index in [4.69, 9.17) is 0 Å². The molecule has 0 amide bonds. The fraction of sp³-hybridized carbons (Fsp3) is 1.00. The highest BCUT2D eigenvalue weighted by Gasteiger charge is 2.12. The van der Waals surface area contributed by atoms with Crippen LogP contribution in [0.2, 0.25) is 0 Å². The monoisotopic (exact) mass is 308 g/mol. The number of likely N-dealkylation sites (N-methyl/N-ethyl adjacent to an activating group) is 1. The Morgan fingerprint density at radius 2 is 1.47 bits per heavy atom. The van der Waals surface area contributed by atoms with E-state index in [2.05, 4.69) is 40.3 Å². The molecule has 0 aliphatic heterocycles. The van der Waals surface area contributed by atoms with E-state index in [1.807, 2.05) is 0 Å². The zero-order chi connectivity index (χ0) is 12.4. The van der Waals surface area contributed by atoms with Crippen LogP contribution in [0, 0.1) is 0 Å². The van der Waals surface area contributed by atoms with E-state index in [1.165, 1.54) is 51.6 Å². The molecule has 0 saturated heterocycles. The van der Waals surface area contributed by atoms with Gasteiger partial charge in [0, 0.05) is 0 Å². The maximum Gasteiger partial charge on any atom is 0.0933 e. The van der Waals surface area contributed by atoms with Crippen molar-refractivity contribution in [1.82, 2.24) is 5.32 Å². The number of hydrogen-bond donors (Lipinski definition) is 1. The predicted octanol–water partition coefficient (Wildman–Crippen LogP) is 0.0352. The average molecular weight is 309 g/mol. The maximum absolute atomic E-state index is 3.61. The molecule has 1 atom stereocenters. The van der Waals surface area contributed by atoms with E-state index in [0.717, 1.165) is 4.48 Å². The lowest BCUT2D eigenvalue weighted by Gasteiger charge is -2.28. The van der Waals surface area contributed by atoms with E-state index >= 15 is 0 Å². The quantitative estimate of drug-likeness (QED) is 0.444. The molecule has 3 heteroatoms. The fourth-order valence-electron chi connectivity index (χ4n) is 2.14. The summed E-state index contributed by atoms with van der Waals surface area (Å²) in [6.45, 7) is 6.96. The Bertz CT molecular complexity index is 155. The lowest BCUT2D eigenvalue weighted by Crippen LogP contribution is -3.00. The van der Waals surface area contributed by atoms with Crippen LogP contribution < -0.4 is 22.3 Å². The molecule has 0 heterocycles. The van der Waals surface area contributed by atoms with Crippen molar-refractivity contribution in [3.8, 4) is 0 Å². The SMILES string of the molecule is CCCCCCCCNC(C)C[N+](C)(C)C.[Br-]. The molecule has 0 aromatic rings. The molecule has 0 bridgehead atoms. The Balaban J connectivity index is 0. The zero-order valence-electron chi connectivity index (χ0n) is 12.6. The van der Waals surface area contributed by atoms with E-state index in [9.17, 15) is 0 Å². The number of hydrogen-bond acceptors (Lipinski definition) is 1. The summed E-state index contributed by atoms with van der Waals surface area (Å²) in [6, 6.07) is 0.635. The minimum atomic E-state index is 0. The first-order valence-corrected chi connectivity index (χ1v) is 6.99. The van der Waals surface area contributed by atoms with Crippen LogP contribution in [0.3, 0.4) is 0 Å². The Hall–Kier alpha value is 0.400. The third-order valence-electron chi connectivity index (χ3n) is 2.84. The number of nitrogens with zero attached hydrogens (tertiary/aromatic N) is 1. The standard InChI is InChI=1S/C14H33N2.BrH/c1-6-7-8-9-10-11-12-15-14(2)13-16(3,4)5;/h14-15H,6-13H2,1-5H3;1H/q+1;/p-1. The first-order chi connectivity index (χ1) is 7.45. The summed E-state index contributed by atoms with van der Waals surface area (Å²) in [5, 5.41) is 3.61. The second-order valence-electron chi connectivity index (χ2n) is 6.10. The van der Waals surface area contributed by atoms with Gasteiger partial charge in [-0.2, -0.15) is 0 Å². The summed E-state index contributed by atoms with van der Waals surface area (Å²) in [5.41, 5.74) is 0. The Morgan fingerprint density at radius 1 is 0.941 bits per heavy atom. The number of unbranched alkanes of at least 4 members (excludes halogenated alkanes) is 5. The Labute approximate surface area is 120 Å². The molecular weight excluding hydrogens is 276 g/mol. The summed E-state index contributed by atoms with van der Waals surface area (Å²) in [6.07, 6.45) is 8.32. The minimum Gasteiger partial charge on any atom is -1.00 e. The average Bonchev–Trinajstić information content (AvgIpc) is 2.13. The van der Waals surface area contributed by atoms with Crippen molar-refractivity contribution in [1.29, 1.82) is 0 Å². The van der Waals surface area contributed by atoms with Gasteiger partial charge >= 0.3 is 0 Å². The third-order valence-corrected chi connectivity index (χ3v) is 2.84. The van der Waals surface area contributed by atoms with Crippen molar-refractivity contribution in [2.45, 2.75) is 58.4 Å². The minimum absolute atomic E-state index is 0. The number of halogens is 1. The van der Waals surface area contributed by atoms with Gasteiger partial charge < -0.3 is 26.8 Å². The third kappa shape index (κ3) is 16.4. The maximum atomic E-state index is 3.61. The van der Waals surface area contributed by atoms with Crippen molar-refractivity contribution < 1.29 is 21.5 Å². The Kier molecular flexibility index (Phi) is 13.3. The van der Waals surface area contributed by atoms with Crippen LogP contribution in [-0.2, 0) is 0 Å². The summed E-state index contributed by atoms with van der Waals surface area (Å²) in [7, 11) is 6.76. The van der Waals surface area contributed by atoms with Crippen LogP contribution in [0.15, 0.2) is 0 Å². The molecule has 1 unspecified atom stereocenters. The van der Waals surface area contributed by atoms with Gasteiger partial charge in [0.1, 0.15) is 0 Å². The van der Waals surface area contributed by atoms with Crippen LogP contribution in [0.25, 0.3) is 0 Å². The molecule has 0 aromatic carbocycles. The zero-order valence-corrected chi connectivity index (χ0v) is 14.1. The molecule has 0 aliphatic carbocycles. The first-order valence-electron chi connectivity index (χ1n) is 6.99. The molecule has 2 nitrogen and oxygen atoms in total. The number of nitrogens with one attached hydrogen (secondary N) is 1. The van der Waals surface area contributed by atoms with Gasteiger partial charge in [0.05, 0.1) is 33.7 Å². The van der Waals surface area contributed by atoms with Crippen molar-refractivity contribution in [2.75, 3.05) is 34.2 Å². The van der Waals surface area contributed by atoms with Gasteiger partial charge in [0.25, 0.3) is 0 Å². The smallest absolute Gasteiger partial charge is 0.0933 e. The first kappa shape index (κ1) is 19.7. The molecule has 106 valence electrons. The van der Waals surface area contributed by atoms with Crippen LogP contribution in [0.1, 0.15) is 52.4 Å². The van der Waals surface area contributed by atoms with E-state index in [-0.39, 0.29) is 17.0 Å². The largest absolute Gasteiger partial charge is 1.00 e. The van der Waals surface area contributed by atoms with Crippen molar-refractivity contribution >= 4 is 0 Å². The molecule has 0 aliphatic rings. The van der Waals surface area contributed by atoms with Gasteiger partial charge in [-0.3, -0.25) is 0 Å². The highest BCUT2D eigenvalue weighted by molar-refractivity contribution is 4.59. The Morgan fingerprint density at radius 3 is 2.00 bits per heavy atom. The number of quaternary nitrogens is 1. The van der Waals surface area contributed by atoms with Crippen molar-refractivity contribution in [3.63, 3.8) is 0 Å². The van der Waals surface area contributed by atoms with Gasteiger partial charge in [-0.15, -0.1) is 0 Å². The molecule has 0 radical (unpaired) electrons. The predicted molar refractivity (Wildman–Crippen MR) is 73.7 cm³/mol. The molecule has 0 aromatic heterocycles. The summed E-state index contributed by atoms with van der Waals surface area (Å²) in [4.78, 5) is 0. The van der Waals surface area contributed by atoms with E-state index < -0.39 is 0 Å². The van der Waals surface area contributed by atoms with Crippen LogP contribution in [-0.4, -0.2) is 44.8 Å². The molecule has 17 heavy (non-hydrogen) atoms. The summed E-state index contributed by atoms with van der Waals surface area (Å²) in [5.74, 6) is 0. The van der Waals surface area contributed by atoms with E-state index in [1.54, 1.807) is 0 Å².